The van der Waals surface area contributed by atoms with E-state index in [4.69, 9.17) is 14.2 Å². The quantitative estimate of drug-likeness (QED) is 0.193. The molecule has 0 spiro atoms. The first-order valence-corrected chi connectivity index (χ1v) is 10.5. The Hall–Kier alpha value is -3.19. The van der Waals surface area contributed by atoms with Crippen LogP contribution in [0.5, 0.6) is 11.5 Å². The second kappa shape index (κ2) is 9.31. The summed E-state index contributed by atoms with van der Waals surface area (Å²) in [5.74, 6) is -1.16. The summed E-state index contributed by atoms with van der Waals surface area (Å²) in [6.45, 7) is 10.4. The maximum absolute atomic E-state index is 15.1. The number of carbonyl (C=O) groups is 2. The van der Waals surface area contributed by atoms with Crippen molar-refractivity contribution in [1.29, 1.82) is 0 Å². The van der Waals surface area contributed by atoms with Crippen LogP contribution in [0.25, 0.3) is 20.2 Å². The second-order valence-corrected chi connectivity index (χ2v) is 8.20. The molecule has 3 aromatic rings. The van der Waals surface area contributed by atoms with Crippen LogP contribution in [0.1, 0.15) is 25.8 Å². The number of rotatable bonds is 8. The summed E-state index contributed by atoms with van der Waals surface area (Å²) in [6, 6.07) is 7.03. The van der Waals surface area contributed by atoms with Crippen LogP contribution in [0.4, 0.5) is 4.39 Å². The third-order valence-corrected chi connectivity index (χ3v) is 5.89. The normalized spacial score (nSPS) is 10.8. The number of halogens is 1. The van der Waals surface area contributed by atoms with E-state index < -0.39 is 17.8 Å². The van der Waals surface area contributed by atoms with Gasteiger partial charge in [-0.1, -0.05) is 25.3 Å². The lowest BCUT2D eigenvalue weighted by atomic mass is 10.0. The van der Waals surface area contributed by atoms with Crippen LogP contribution in [0.3, 0.4) is 0 Å². The van der Waals surface area contributed by atoms with E-state index in [2.05, 4.69) is 13.2 Å². The summed E-state index contributed by atoms with van der Waals surface area (Å²) in [6.07, 6.45) is 1.24. The minimum absolute atomic E-state index is 0.134. The molecule has 0 aliphatic heterocycles. The fraction of sp³-hybridized carbons (Fsp3) is 0.250. The molecule has 0 aliphatic rings. The second-order valence-electron chi connectivity index (χ2n) is 7.18. The number of thiophene rings is 1. The highest BCUT2D eigenvalue weighted by molar-refractivity contribution is 7.26. The molecule has 0 fully saturated rings. The van der Waals surface area contributed by atoms with Gasteiger partial charge in [-0.3, -0.25) is 0 Å². The number of carbonyl (C=O) groups excluding carboxylic acids is 2. The SMILES string of the molecule is C=C(C)C(=O)OCCCc1ccc2c(sc3c(F)c(OC(=O)C(=C)C)ccc32)c1OC. The van der Waals surface area contributed by atoms with E-state index in [1.54, 1.807) is 20.1 Å². The molecule has 0 unspecified atom stereocenters. The number of aryl methyl sites for hydroxylation is 1. The number of esters is 2. The van der Waals surface area contributed by atoms with Gasteiger partial charge in [-0.25, -0.2) is 14.0 Å². The van der Waals surface area contributed by atoms with Gasteiger partial charge in [-0.2, -0.15) is 0 Å². The third kappa shape index (κ3) is 4.61. The summed E-state index contributed by atoms with van der Waals surface area (Å²) in [7, 11) is 1.57. The minimum Gasteiger partial charge on any atom is -0.495 e. The summed E-state index contributed by atoms with van der Waals surface area (Å²) < 4.78 is 32.1. The number of hydrogen-bond donors (Lipinski definition) is 0. The number of ether oxygens (including phenoxy) is 3. The van der Waals surface area contributed by atoms with Gasteiger partial charge < -0.3 is 14.2 Å². The lowest BCUT2D eigenvalue weighted by Crippen LogP contribution is -2.09. The van der Waals surface area contributed by atoms with Gasteiger partial charge >= 0.3 is 11.9 Å². The van der Waals surface area contributed by atoms with Crippen LogP contribution in [0.15, 0.2) is 48.6 Å². The molecule has 0 bridgehead atoms. The molecule has 1 aromatic heterocycles. The highest BCUT2D eigenvalue weighted by Crippen LogP contribution is 2.44. The van der Waals surface area contributed by atoms with Crippen molar-refractivity contribution in [2.24, 2.45) is 0 Å². The fourth-order valence-corrected chi connectivity index (χ4v) is 4.38. The van der Waals surface area contributed by atoms with E-state index in [9.17, 15) is 9.59 Å². The van der Waals surface area contributed by atoms with E-state index in [1.807, 2.05) is 12.1 Å². The van der Waals surface area contributed by atoms with Crippen molar-refractivity contribution in [1.82, 2.24) is 0 Å². The van der Waals surface area contributed by atoms with Crippen LogP contribution < -0.4 is 9.47 Å². The lowest BCUT2D eigenvalue weighted by Gasteiger charge is -2.10. The van der Waals surface area contributed by atoms with E-state index in [1.165, 1.54) is 24.3 Å². The van der Waals surface area contributed by atoms with Crippen LogP contribution in [0, 0.1) is 5.82 Å². The Kier molecular flexibility index (Phi) is 6.75. The summed E-state index contributed by atoms with van der Waals surface area (Å²) in [5, 5.41) is 1.57. The van der Waals surface area contributed by atoms with E-state index >= 15 is 4.39 Å². The third-order valence-electron chi connectivity index (χ3n) is 4.68. The number of benzene rings is 2. The summed E-state index contributed by atoms with van der Waals surface area (Å²) in [4.78, 5) is 23.3. The van der Waals surface area contributed by atoms with E-state index in [-0.39, 0.29) is 17.9 Å². The smallest absolute Gasteiger partial charge is 0.338 e. The highest BCUT2D eigenvalue weighted by Gasteiger charge is 2.19. The molecule has 2 aromatic carbocycles. The van der Waals surface area contributed by atoms with Gasteiger partial charge in [0.15, 0.2) is 11.6 Å². The van der Waals surface area contributed by atoms with Crippen LogP contribution in [-0.2, 0) is 20.7 Å². The standard InChI is InChI=1S/C24H23FO5S/c1-13(2)23(26)29-12-6-7-15-8-9-17-16-10-11-18(30-24(27)14(3)4)19(25)21(16)31-22(17)20(15)28-5/h8-11H,1,3,6-7,12H2,2,4-5H3. The minimum atomic E-state index is -0.674. The first-order valence-electron chi connectivity index (χ1n) is 9.65. The van der Waals surface area contributed by atoms with Crippen molar-refractivity contribution in [3.8, 4) is 11.5 Å². The zero-order chi connectivity index (χ0) is 22.7. The molecule has 1 heterocycles. The van der Waals surface area contributed by atoms with Crippen molar-refractivity contribution < 1.29 is 28.2 Å². The topological polar surface area (TPSA) is 61.8 Å². The Morgan fingerprint density at radius 1 is 1.00 bits per heavy atom. The number of hydrogen-bond acceptors (Lipinski definition) is 6. The molecule has 31 heavy (non-hydrogen) atoms. The van der Waals surface area contributed by atoms with Crippen LogP contribution in [-0.4, -0.2) is 25.7 Å². The van der Waals surface area contributed by atoms with Crippen LogP contribution in [0.2, 0.25) is 0 Å². The molecule has 3 rings (SSSR count). The fourth-order valence-electron chi connectivity index (χ4n) is 3.11. The van der Waals surface area contributed by atoms with E-state index in [0.29, 0.717) is 34.3 Å². The average molecular weight is 443 g/mol. The zero-order valence-electron chi connectivity index (χ0n) is 17.7. The molecule has 5 nitrogen and oxygen atoms in total. The van der Waals surface area contributed by atoms with Crippen molar-refractivity contribution in [2.75, 3.05) is 13.7 Å². The number of methoxy groups -OCH3 is 1. The first kappa shape index (κ1) is 22.5. The van der Waals surface area contributed by atoms with Crippen molar-refractivity contribution in [2.45, 2.75) is 26.7 Å². The van der Waals surface area contributed by atoms with Crippen molar-refractivity contribution in [3.05, 3.63) is 60.0 Å². The Bertz CT molecular complexity index is 1210. The molecule has 0 atom stereocenters. The summed E-state index contributed by atoms with van der Waals surface area (Å²) in [5.41, 5.74) is 1.48. The van der Waals surface area contributed by atoms with Gasteiger partial charge in [0.2, 0.25) is 0 Å². The molecule has 0 amide bonds. The highest BCUT2D eigenvalue weighted by atomic mass is 32.1. The molecule has 0 aliphatic carbocycles. The van der Waals surface area contributed by atoms with Crippen molar-refractivity contribution in [3.63, 3.8) is 0 Å². The largest absolute Gasteiger partial charge is 0.495 e. The van der Waals surface area contributed by atoms with Gasteiger partial charge in [0.05, 0.1) is 23.1 Å². The predicted octanol–water partition coefficient (Wildman–Crippen LogP) is 5.74. The molecule has 0 saturated carbocycles. The average Bonchev–Trinajstić information content (AvgIpc) is 3.11. The monoisotopic (exact) mass is 442 g/mol. The molecule has 0 radical (unpaired) electrons. The Morgan fingerprint density at radius 2 is 1.65 bits per heavy atom. The van der Waals surface area contributed by atoms with Gasteiger partial charge in [0.1, 0.15) is 5.75 Å². The Morgan fingerprint density at radius 3 is 2.29 bits per heavy atom. The van der Waals surface area contributed by atoms with Crippen molar-refractivity contribution >= 4 is 43.4 Å². The molecule has 0 N–H and O–H groups in total. The first-order chi connectivity index (χ1) is 14.7. The summed E-state index contributed by atoms with van der Waals surface area (Å²) >= 11 is 1.24. The molecule has 0 saturated heterocycles. The molecular formula is C24H23FO5S. The van der Waals surface area contributed by atoms with Gasteiger partial charge in [0.25, 0.3) is 0 Å². The van der Waals surface area contributed by atoms with Crippen LogP contribution >= 0.6 is 11.3 Å². The van der Waals surface area contributed by atoms with Gasteiger partial charge in [-0.05, 0) is 44.4 Å². The Balaban J connectivity index is 1.92. The maximum atomic E-state index is 15.1. The predicted molar refractivity (Wildman–Crippen MR) is 120 cm³/mol. The van der Waals surface area contributed by atoms with E-state index in [0.717, 1.165) is 15.6 Å². The molecule has 7 heteroatoms. The maximum Gasteiger partial charge on any atom is 0.338 e. The molecule has 162 valence electrons. The molecular weight excluding hydrogens is 419 g/mol. The zero-order valence-corrected chi connectivity index (χ0v) is 18.5. The lowest BCUT2D eigenvalue weighted by molar-refractivity contribution is -0.139. The number of fused-ring (bicyclic) bond motifs is 3. The Labute approximate surface area is 183 Å². The van der Waals surface area contributed by atoms with Gasteiger partial charge in [0, 0.05) is 21.9 Å². The van der Waals surface area contributed by atoms with Gasteiger partial charge in [-0.15, -0.1) is 11.3 Å².